The van der Waals surface area contributed by atoms with Crippen LogP contribution in [0.25, 0.3) is 0 Å². The molecule has 7 heteroatoms. The van der Waals surface area contributed by atoms with Gasteiger partial charge in [-0.25, -0.2) is 13.2 Å². The molecule has 1 aliphatic carbocycles. The fourth-order valence-corrected chi connectivity index (χ4v) is 4.28. The molecule has 0 bridgehead atoms. The number of sulfone groups is 1. The van der Waals surface area contributed by atoms with E-state index in [1.165, 1.54) is 12.1 Å². The van der Waals surface area contributed by atoms with E-state index in [0.717, 1.165) is 32.1 Å². The monoisotopic (exact) mass is 353 g/mol. The molecule has 1 aromatic rings. The van der Waals surface area contributed by atoms with Gasteiger partial charge in [0.2, 0.25) is 5.91 Å². The van der Waals surface area contributed by atoms with Crippen LogP contribution in [0.15, 0.2) is 35.2 Å². The van der Waals surface area contributed by atoms with Crippen LogP contribution in [-0.2, 0) is 19.4 Å². The predicted octanol–water partition coefficient (Wildman–Crippen LogP) is 2.00. The molecule has 0 saturated heterocycles. The number of hydrogen-bond acceptors (Lipinski definition) is 4. The molecular formula is C17H23NO5S. The molecule has 0 radical (unpaired) electrons. The zero-order chi connectivity index (χ0) is 17.6. The number of carboxylic acid groups (broad SMARTS) is 1. The molecule has 1 saturated carbocycles. The van der Waals surface area contributed by atoms with Crippen LogP contribution in [0.3, 0.4) is 0 Å². The van der Waals surface area contributed by atoms with Crippen LogP contribution in [0.5, 0.6) is 0 Å². The maximum absolute atomic E-state index is 12.2. The summed E-state index contributed by atoms with van der Waals surface area (Å²) in [5.74, 6) is -1.97. The number of rotatable bonds is 7. The van der Waals surface area contributed by atoms with Gasteiger partial charge < -0.3 is 10.4 Å². The Bertz CT molecular complexity index is 665. The molecular weight excluding hydrogens is 330 g/mol. The molecule has 0 spiro atoms. The maximum Gasteiger partial charge on any atom is 0.326 e. The van der Waals surface area contributed by atoms with Crippen LogP contribution >= 0.6 is 0 Å². The van der Waals surface area contributed by atoms with E-state index in [1.807, 2.05) is 0 Å². The van der Waals surface area contributed by atoms with Crippen molar-refractivity contribution in [2.75, 3.05) is 5.75 Å². The predicted molar refractivity (Wildman–Crippen MR) is 89.3 cm³/mol. The van der Waals surface area contributed by atoms with Gasteiger partial charge in [-0.2, -0.15) is 0 Å². The minimum atomic E-state index is -3.56. The van der Waals surface area contributed by atoms with Crippen LogP contribution < -0.4 is 5.32 Å². The van der Waals surface area contributed by atoms with Gasteiger partial charge >= 0.3 is 5.97 Å². The first-order valence-corrected chi connectivity index (χ1v) is 9.86. The van der Waals surface area contributed by atoms with Gasteiger partial charge in [0.05, 0.1) is 10.6 Å². The first kappa shape index (κ1) is 18.4. The number of carbonyl (C=O) groups is 2. The molecule has 1 fully saturated rings. The highest BCUT2D eigenvalue weighted by Crippen LogP contribution is 2.24. The summed E-state index contributed by atoms with van der Waals surface area (Å²) in [6.07, 6.45) is 4.42. The van der Waals surface area contributed by atoms with E-state index in [-0.39, 0.29) is 28.9 Å². The second kappa shape index (κ2) is 8.28. The van der Waals surface area contributed by atoms with E-state index in [1.54, 1.807) is 18.2 Å². The van der Waals surface area contributed by atoms with Crippen molar-refractivity contribution in [3.63, 3.8) is 0 Å². The number of aliphatic carboxylic acids is 1. The normalized spacial score (nSPS) is 17.2. The van der Waals surface area contributed by atoms with Crippen molar-refractivity contribution in [1.29, 1.82) is 0 Å². The van der Waals surface area contributed by atoms with Crippen molar-refractivity contribution in [1.82, 2.24) is 5.32 Å². The van der Waals surface area contributed by atoms with Gasteiger partial charge in [0.25, 0.3) is 0 Å². The molecule has 132 valence electrons. The summed E-state index contributed by atoms with van der Waals surface area (Å²) in [5, 5.41) is 11.8. The van der Waals surface area contributed by atoms with Crippen molar-refractivity contribution in [2.45, 2.75) is 49.5 Å². The molecule has 0 aliphatic heterocycles. The Labute approximate surface area is 142 Å². The highest BCUT2D eigenvalue weighted by atomic mass is 32.2. The van der Waals surface area contributed by atoms with E-state index >= 15 is 0 Å². The van der Waals surface area contributed by atoms with Crippen LogP contribution in [-0.4, -0.2) is 37.2 Å². The SMILES string of the molecule is O=C(N[C@@H](CCS(=O)(=O)c1ccccc1)C(=O)O)C1CCCCC1. The van der Waals surface area contributed by atoms with Crippen molar-refractivity contribution in [3.05, 3.63) is 30.3 Å². The largest absolute Gasteiger partial charge is 0.480 e. The summed E-state index contributed by atoms with van der Waals surface area (Å²) >= 11 is 0. The first-order chi connectivity index (χ1) is 11.4. The number of nitrogens with one attached hydrogen (secondary N) is 1. The summed E-state index contributed by atoms with van der Waals surface area (Å²) in [5.41, 5.74) is 0. The second-order valence-electron chi connectivity index (χ2n) is 6.15. The highest BCUT2D eigenvalue weighted by molar-refractivity contribution is 7.91. The van der Waals surface area contributed by atoms with E-state index in [2.05, 4.69) is 5.32 Å². The minimum absolute atomic E-state index is 0.148. The van der Waals surface area contributed by atoms with Gasteiger partial charge in [-0.05, 0) is 31.4 Å². The number of hydrogen-bond donors (Lipinski definition) is 2. The molecule has 24 heavy (non-hydrogen) atoms. The van der Waals surface area contributed by atoms with Crippen LogP contribution in [0.1, 0.15) is 38.5 Å². The molecule has 0 unspecified atom stereocenters. The summed E-state index contributed by atoms with van der Waals surface area (Å²) in [4.78, 5) is 23.7. The van der Waals surface area contributed by atoms with Gasteiger partial charge in [-0.3, -0.25) is 4.79 Å². The highest BCUT2D eigenvalue weighted by Gasteiger charge is 2.28. The molecule has 0 aromatic heterocycles. The number of benzene rings is 1. The van der Waals surface area contributed by atoms with E-state index < -0.39 is 21.8 Å². The van der Waals surface area contributed by atoms with Gasteiger partial charge in [0.15, 0.2) is 9.84 Å². The van der Waals surface area contributed by atoms with Crippen molar-refractivity contribution < 1.29 is 23.1 Å². The Balaban J connectivity index is 1.96. The van der Waals surface area contributed by atoms with Crippen molar-refractivity contribution in [3.8, 4) is 0 Å². The zero-order valence-electron chi connectivity index (χ0n) is 13.5. The van der Waals surface area contributed by atoms with Crippen molar-refractivity contribution in [2.24, 2.45) is 5.92 Å². The Hall–Kier alpha value is -1.89. The topological polar surface area (TPSA) is 101 Å². The Morgan fingerprint density at radius 3 is 2.33 bits per heavy atom. The average molecular weight is 353 g/mol. The Morgan fingerprint density at radius 1 is 1.12 bits per heavy atom. The molecule has 1 atom stereocenters. The lowest BCUT2D eigenvalue weighted by Crippen LogP contribution is -2.44. The maximum atomic E-state index is 12.2. The van der Waals surface area contributed by atoms with Gasteiger partial charge in [0, 0.05) is 5.92 Å². The number of amides is 1. The van der Waals surface area contributed by atoms with Gasteiger partial charge in [-0.1, -0.05) is 37.5 Å². The second-order valence-corrected chi connectivity index (χ2v) is 8.26. The fourth-order valence-electron chi connectivity index (χ4n) is 2.93. The summed E-state index contributed by atoms with van der Waals surface area (Å²) in [7, 11) is -3.56. The molecule has 6 nitrogen and oxygen atoms in total. The minimum Gasteiger partial charge on any atom is -0.480 e. The lowest BCUT2D eigenvalue weighted by Gasteiger charge is -2.23. The van der Waals surface area contributed by atoms with Gasteiger partial charge in [-0.15, -0.1) is 0 Å². The molecule has 2 N–H and O–H groups in total. The average Bonchev–Trinajstić information content (AvgIpc) is 2.59. The molecule has 2 rings (SSSR count). The van der Waals surface area contributed by atoms with Crippen LogP contribution in [0, 0.1) is 5.92 Å². The third-order valence-corrected chi connectivity index (χ3v) is 6.13. The lowest BCUT2D eigenvalue weighted by molar-refractivity contribution is -0.142. The molecule has 1 aliphatic rings. The van der Waals surface area contributed by atoms with Gasteiger partial charge in [0.1, 0.15) is 6.04 Å². The quantitative estimate of drug-likeness (QED) is 0.781. The van der Waals surface area contributed by atoms with E-state index in [4.69, 9.17) is 0 Å². The fraction of sp³-hybridized carbons (Fsp3) is 0.529. The third kappa shape index (κ3) is 5.06. The zero-order valence-corrected chi connectivity index (χ0v) is 14.3. The van der Waals surface area contributed by atoms with E-state index in [0.29, 0.717) is 0 Å². The lowest BCUT2D eigenvalue weighted by atomic mass is 9.88. The van der Waals surface area contributed by atoms with Crippen LogP contribution in [0.2, 0.25) is 0 Å². The molecule has 1 amide bonds. The summed E-state index contributed by atoms with van der Waals surface area (Å²) in [6, 6.07) is 6.72. The molecule has 1 aromatic carbocycles. The number of carbonyl (C=O) groups excluding carboxylic acids is 1. The Kier molecular flexibility index (Phi) is 6.36. The standard InChI is InChI=1S/C17H23NO5S/c19-16(13-7-3-1-4-8-13)18-15(17(20)21)11-12-24(22,23)14-9-5-2-6-10-14/h2,5-6,9-10,13,15H,1,3-4,7-8,11-12H2,(H,18,19)(H,20,21)/t15-/m0/s1. The van der Waals surface area contributed by atoms with E-state index in [9.17, 15) is 23.1 Å². The Morgan fingerprint density at radius 2 is 1.75 bits per heavy atom. The van der Waals surface area contributed by atoms with Crippen molar-refractivity contribution >= 4 is 21.7 Å². The van der Waals surface area contributed by atoms with Crippen LogP contribution in [0.4, 0.5) is 0 Å². The number of carboxylic acids is 1. The molecule has 0 heterocycles. The summed E-state index contributed by atoms with van der Waals surface area (Å²) in [6.45, 7) is 0. The smallest absolute Gasteiger partial charge is 0.326 e. The first-order valence-electron chi connectivity index (χ1n) is 8.21. The third-order valence-electron chi connectivity index (χ3n) is 4.37. The summed E-state index contributed by atoms with van der Waals surface area (Å²) < 4.78 is 24.5.